The van der Waals surface area contributed by atoms with E-state index in [2.05, 4.69) is 6.92 Å². The Morgan fingerprint density at radius 1 is 0.600 bits per heavy atom. The van der Waals surface area contributed by atoms with Gasteiger partial charge in [-0.2, -0.15) is 0 Å². The van der Waals surface area contributed by atoms with Crippen molar-refractivity contribution in [3.63, 3.8) is 0 Å². The number of unbranched alkanes of at least 4 members (excludes halogenated alkanes) is 9. The van der Waals surface area contributed by atoms with E-state index in [0.29, 0.717) is 0 Å². The summed E-state index contributed by atoms with van der Waals surface area (Å²) in [6, 6.07) is 0.938. The lowest BCUT2D eigenvalue weighted by atomic mass is 10.1. The van der Waals surface area contributed by atoms with Gasteiger partial charge in [0, 0.05) is 27.4 Å². The number of hydrogen-bond acceptors (Lipinski definition) is 3. The molecule has 0 aromatic rings. The van der Waals surface area contributed by atoms with Crippen molar-refractivity contribution in [3.8, 4) is 0 Å². The van der Waals surface area contributed by atoms with E-state index < -0.39 is 8.80 Å². The quantitative estimate of drug-likeness (QED) is 0.363. The Balaban J connectivity index is 0. The van der Waals surface area contributed by atoms with Gasteiger partial charge < -0.3 is 13.3 Å². The molecule has 0 aromatic carbocycles. The Morgan fingerprint density at radius 3 is 1.30 bits per heavy atom. The molecule has 0 atom stereocenters. The molecule has 0 aliphatic heterocycles. The van der Waals surface area contributed by atoms with Gasteiger partial charge in [0.05, 0.1) is 0 Å². The number of rotatable bonds is 14. The molecule has 0 aliphatic rings. The SMILES string of the molecule is CCCCCCCCCCCC[Si](OC)(OC)OC.[SiH4]. The van der Waals surface area contributed by atoms with Gasteiger partial charge in [0.1, 0.15) is 0 Å². The van der Waals surface area contributed by atoms with Crippen LogP contribution < -0.4 is 0 Å². The van der Waals surface area contributed by atoms with Crippen LogP contribution >= 0.6 is 0 Å². The van der Waals surface area contributed by atoms with E-state index in [-0.39, 0.29) is 11.0 Å². The standard InChI is InChI=1S/C15H34O3Si.H4Si/c1-5-6-7-8-9-10-11-12-13-14-15-19(16-2,17-3)18-4;/h5-15H2,1-4H3;1H4. The average molecular weight is 323 g/mol. The lowest BCUT2D eigenvalue weighted by Gasteiger charge is -2.24. The van der Waals surface area contributed by atoms with Crippen LogP contribution in [0.1, 0.15) is 71.1 Å². The summed E-state index contributed by atoms with van der Waals surface area (Å²) in [6.45, 7) is 2.27. The number of hydrogen-bond donors (Lipinski definition) is 0. The third kappa shape index (κ3) is 11.0. The van der Waals surface area contributed by atoms with Crippen molar-refractivity contribution < 1.29 is 13.3 Å². The maximum atomic E-state index is 5.41. The molecule has 0 aromatic heterocycles. The van der Waals surface area contributed by atoms with Crippen molar-refractivity contribution in [1.82, 2.24) is 0 Å². The first-order chi connectivity index (χ1) is 9.24. The Hall–Kier alpha value is 0.314. The monoisotopic (exact) mass is 322 g/mol. The van der Waals surface area contributed by atoms with Crippen molar-refractivity contribution in [3.05, 3.63) is 0 Å². The molecular weight excluding hydrogens is 284 g/mol. The third-order valence-electron chi connectivity index (χ3n) is 3.77. The third-order valence-corrected chi connectivity index (χ3v) is 6.60. The molecule has 0 saturated carbocycles. The van der Waals surface area contributed by atoms with Crippen molar-refractivity contribution in [1.29, 1.82) is 0 Å². The zero-order valence-corrected chi connectivity index (χ0v) is 14.5. The molecule has 0 spiro atoms. The minimum absolute atomic E-state index is 0. The summed E-state index contributed by atoms with van der Waals surface area (Å²) in [5.41, 5.74) is 0. The van der Waals surface area contributed by atoms with Crippen LogP contribution in [-0.2, 0) is 13.3 Å². The maximum Gasteiger partial charge on any atom is 0.500 e. The van der Waals surface area contributed by atoms with Gasteiger partial charge in [0.25, 0.3) is 0 Å². The fourth-order valence-electron chi connectivity index (χ4n) is 2.39. The molecule has 0 rings (SSSR count). The topological polar surface area (TPSA) is 27.7 Å². The van der Waals surface area contributed by atoms with Crippen LogP contribution in [0.5, 0.6) is 0 Å². The summed E-state index contributed by atoms with van der Waals surface area (Å²) >= 11 is 0. The van der Waals surface area contributed by atoms with Gasteiger partial charge >= 0.3 is 8.80 Å². The van der Waals surface area contributed by atoms with Crippen LogP contribution in [0.15, 0.2) is 0 Å². The van der Waals surface area contributed by atoms with Crippen LogP contribution in [0.4, 0.5) is 0 Å². The van der Waals surface area contributed by atoms with Crippen molar-refractivity contribution >= 4 is 19.8 Å². The molecule has 0 amide bonds. The van der Waals surface area contributed by atoms with E-state index in [4.69, 9.17) is 13.3 Å². The predicted molar refractivity (Wildman–Crippen MR) is 94.8 cm³/mol. The summed E-state index contributed by atoms with van der Waals surface area (Å²) in [4.78, 5) is 0. The summed E-state index contributed by atoms with van der Waals surface area (Å²) < 4.78 is 16.2. The van der Waals surface area contributed by atoms with Gasteiger partial charge in [0.15, 0.2) is 0 Å². The van der Waals surface area contributed by atoms with Crippen LogP contribution in [-0.4, -0.2) is 41.1 Å². The molecule has 20 heavy (non-hydrogen) atoms. The Labute approximate surface area is 132 Å². The molecule has 0 heterocycles. The highest BCUT2D eigenvalue weighted by atomic mass is 28.4. The zero-order chi connectivity index (χ0) is 14.4. The zero-order valence-electron chi connectivity index (χ0n) is 13.5. The minimum atomic E-state index is -2.31. The van der Waals surface area contributed by atoms with E-state index in [1.165, 1.54) is 57.8 Å². The van der Waals surface area contributed by atoms with E-state index in [1.54, 1.807) is 21.3 Å². The van der Waals surface area contributed by atoms with E-state index in [0.717, 1.165) is 12.5 Å². The van der Waals surface area contributed by atoms with Crippen molar-refractivity contribution in [2.75, 3.05) is 21.3 Å². The molecular formula is C15H38O3Si2. The minimum Gasteiger partial charge on any atom is -0.377 e. The fraction of sp³-hybridized carbons (Fsp3) is 1.00. The molecule has 3 nitrogen and oxygen atoms in total. The Kier molecular flexibility index (Phi) is 17.7. The van der Waals surface area contributed by atoms with E-state index in [1.807, 2.05) is 0 Å². The first kappa shape index (κ1) is 22.6. The van der Waals surface area contributed by atoms with Gasteiger partial charge in [-0.25, -0.2) is 0 Å². The molecule has 0 unspecified atom stereocenters. The fourth-order valence-corrected chi connectivity index (χ4v) is 4.18. The van der Waals surface area contributed by atoms with E-state index >= 15 is 0 Å². The van der Waals surface area contributed by atoms with Crippen LogP contribution in [0.25, 0.3) is 0 Å². The second-order valence-corrected chi connectivity index (χ2v) is 8.32. The summed E-state index contributed by atoms with van der Waals surface area (Å²) in [5, 5.41) is 0. The van der Waals surface area contributed by atoms with Gasteiger partial charge in [-0.1, -0.05) is 64.7 Å². The second kappa shape index (κ2) is 15.7. The van der Waals surface area contributed by atoms with Gasteiger partial charge in [-0.05, 0) is 17.4 Å². The summed E-state index contributed by atoms with van der Waals surface area (Å²) in [7, 11) is 2.76. The molecule has 124 valence electrons. The van der Waals surface area contributed by atoms with Gasteiger partial charge in [0.2, 0.25) is 0 Å². The highest BCUT2D eigenvalue weighted by Gasteiger charge is 2.36. The van der Waals surface area contributed by atoms with Crippen molar-refractivity contribution in [2.45, 2.75) is 77.2 Å². The van der Waals surface area contributed by atoms with Crippen LogP contribution in [0, 0.1) is 0 Å². The van der Waals surface area contributed by atoms with Gasteiger partial charge in [-0.15, -0.1) is 0 Å². The maximum absolute atomic E-state index is 5.41. The molecule has 0 fully saturated rings. The normalized spacial score (nSPS) is 11.4. The molecule has 0 aliphatic carbocycles. The Bertz CT molecular complexity index is 180. The average Bonchev–Trinajstić information content (AvgIpc) is 2.46. The molecule has 0 radical (unpaired) electrons. The lowest BCUT2D eigenvalue weighted by molar-refractivity contribution is 0.122. The molecule has 0 bridgehead atoms. The highest BCUT2D eigenvalue weighted by Crippen LogP contribution is 2.18. The first-order valence-corrected chi connectivity index (χ1v) is 9.83. The molecule has 5 heteroatoms. The van der Waals surface area contributed by atoms with Crippen LogP contribution in [0.3, 0.4) is 0 Å². The van der Waals surface area contributed by atoms with Crippen molar-refractivity contribution in [2.24, 2.45) is 0 Å². The Morgan fingerprint density at radius 2 is 0.950 bits per heavy atom. The highest BCUT2D eigenvalue weighted by molar-refractivity contribution is 6.60. The largest absolute Gasteiger partial charge is 0.500 e. The smallest absolute Gasteiger partial charge is 0.377 e. The predicted octanol–water partition coefficient (Wildman–Crippen LogP) is 3.33. The lowest BCUT2D eigenvalue weighted by Crippen LogP contribution is -2.42. The first-order valence-electron chi connectivity index (χ1n) is 7.90. The second-order valence-electron chi connectivity index (χ2n) is 5.23. The summed E-state index contributed by atoms with van der Waals surface area (Å²) in [6.07, 6.45) is 13.5. The van der Waals surface area contributed by atoms with E-state index in [9.17, 15) is 0 Å². The summed E-state index contributed by atoms with van der Waals surface area (Å²) in [5.74, 6) is 0. The van der Waals surface area contributed by atoms with Crippen LogP contribution in [0.2, 0.25) is 6.04 Å². The molecule has 0 saturated heterocycles. The molecule has 0 N–H and O–H groups in total. The van der Waals surface area contributed by atoms with Gasteiger partial charge in [-0.3, -0.25) is 0 Å².